The molecule has 0 amide bonds. The van der Waals surface area contributed by atoms with Crippen LogP contribution in [0.4, 0.5) is 26.3 Å². The van der Waals surface area contributed by atoms with E-state index in [1.165, 1.54) is 24.3 Å². The van der Waals surface area contributed by atoms with Crippen LogP contribution in [0.1, 0.15) is 11.1 Å². The van der Waals surface area contributed by atoms with E-state index in [9.17, 15) is 26.3 Å². The Balaban J connectivity index is 1.51. The van der Waals surface area contributed by atoms with E-state index >= 15 is 0 Å². The normalized spacial score (nSPS) is 12.5. The van der Waals surface area contributed by atoms with Gasteiger partial charge in [0.05, 0.1) is 11.1 Å². The lowest BCUT2D eigenvalue weighted by atomic mass is 10.0. The number of hydrogen-bond donors (Lipinski definition) is 1. The minimum atomic E-state index is -4.38. The fourth-order valence-electron chi connectivity index (χ4n) is 3.97. The summed E-state index contributed by atoms with van der Waals surface area (Å²) < 4.78 is 76.9. The Morgan fingerprint density at radius 1 is 0.424 bits per heavy atom. The second-order valence-corrected chi connectivity index (χ2v) is 7.80. The van der Waals surface area contributed by atoms with E-state index in [0.717, 1.165) is 57.2 Å². The van der Waals surface area contributed by atoms with E-state index in [-0.39, 0.29) is 0 Å². The number of hydrogen-bond acceptors (Lipinski definition) is 0. The van der Waals surface area contributed by atoms with E-state index in [2.05, 4.69) is 4.98 Å². The maximum absolute atomic E-state index is 12.8. The van der Waals surface area contributed by atoms with Gasteiger partial charge >= 0.3 is 12.4 Å². The van der Waals surface area contributed by atoms with Crippen LogP contribution >= 0.6 is 0 Å². The second-order valence-electron chi connectivity index (χ2n) is 7.80. The topological polar surface area (TPSA) is 15.8 Å². The predicted molar refractivity (Wildman–Crippen MR) is 117 cm³/mol. The summed E-state index contributed by atoms with van der Waals surface area (Å²) in [6.45, 7) is 0. The van der Waals surface area contributed by atoms with Crippen molar-refractivity contribution in [1.82, 2.24) is 4.98 Å². The smallest absolute Gasteiger partial charge is 0.354 e. The van der Waals surface area contributed by atoms with Gasteiger partial charge in [0, 0.05) is 21.8 Å². The van der Waals surface area contributed by atoms with Crippen molar-refractivity contribution in [3.63, 3.8) is 0 Å². The first kappa shape index (κ1) is 21.1. The van der Waals surface area contributed by atoms with Crippen LogP contribution in [0.5, 0.6) is 0 Å². The van der Waals surface area contributed by atoms with Crippen LogP contribution in [0.2, 0.25) is 0 Å². The first-order valence-electron chi connectivity index (χ1n) is 10.0. The number of benzene rings is 4. The standard InChI is InChI=1S/C26H15F6N/c27-25(28,29)19-7-1-15(2-8-19)17-5-11-21-22-12-6-18(14-24(22)33-23(21)13-17)16-3-9-20(10-4-16)26(30,31)32/h1-14,33H. The van der Waals surface area contributed by atoms with Gasteiger partial charge in [-0.3, -0.25) is 0 Å². The fraction of sp³-hybridized carbons (Fsp3) is 0.0769. The lowest BCUT2D eigenvalue weighted by Gasteiger charge is -2.08. The van der Waals surface area contributed by atoms with Gasteiger partial charge in [-0.25, -0.2) is 0 Å². The van der Waals surface area contributed by atoms with Crippen LogP contribution in [0.15, 0.2) is 84.9 Å². The van der Waals surface area contributed by atoms with Crippen molar-refractivity contribution in [2.45, 2.75) is 12.4 Å². The Hall–Kier alpha value is -3.74. The number of aromatic amines is 1. The van der Waals surface area contributed by atoms with Gasteiger partial charge < -0.3 is 4.98 Å². The highest BCUT2D eigenvalue weighted by atomic mass is 19.4. The summed E-state index contributed by atoms with van der Waals surface area (Å²) in [4.78, 5) is 3.31. The molecule has 0 atom stereocenters. The van der Waals surface area contributed by atoms with Gasteiger partial charge in [-0.2, -0.15) is 26.3 Å². The van der Waals surface area contributed by atoms with E-state index in [1.807, 2.05) is 36.4 Å². The lowest BCUT2D eigenvalue weighted by molar-refractivity contribution is -0.138. The molecule has 0 saturated carbocycles. The van der Waals surface area contributed by atoms with Crippen LogP contribution in [-0.2, 0) is 12.4 Å². The molecule has 0 fully saturated rings. The highest BCUT2D eigenvalue weighted by Crippen LogP contribution is 2.35. The maximum atomic E-state index is 12.8. The third-order valence-corrected chi connectivity index (χ3v) is 5.69. The summed E-state index contributed by atoms with van der Waals surface area (Å²) in [7, 11) is 0. The number of nitrogens with one attached hydrogen (secondary N) is 1. The van der Waals surface area contributed by atoms with Gasteiger partial charge in [-0.1, -0.05) is 48.5 Å². The molecule has 0 spiro atoms. The predicted octanol–water partition coefficient (Wildman–Crippen LogP) is 8.69. The van der Waals surface area contributed by atoms with Gasteiger partial charge in [0.2, 0.25) is 0 Å². The Kier molecular flexibility index (Phi) is 4.74. The van der Waals surface area contributed by atoms with Crippen molar-refractivity contribution in [3.05, 3.63) is 96.1 Å². The number of H-pyrrole nitrogens is 1. The molecule has 1 heterocycles. The third-order valence-electron chi connectivity index (χ3n) is 5.69. The fourth-order valence-corrected chi connectivity index (χ4v) is 3.97. The van der Waals surface area contributed by atoms with E-state index < -0.39 is 23.5 Å². The summed E-state index contributed by atoms with van der Waals surface area (Å²) in [5.41, 5.74) is 3.08. The molecule has 0 aliphatic rings. The number of fused-ring (bicyclic) bond motifs is 3. The largest absolute Gasteiger partial charge is 0.416 e. The molecule has 0 bridgehead atoms. The van der Waals surface area contributed by atoms with Crippen molar-refractivity contribution in [2.75, 3.05) is 0 Å². The molecule has 1 aromatic heterocycles. The number of alkyl halides is 6. The molecule has 0 saturated heterocycles. The Morgan fingerprint density at radius 3 is 1.09 bits per heavy atom. The van der Waals surface area contributed by atoms with Gasteiger partial charge in [0.15, 0.2) is 0 Å². The quantitative estimate of drug-likeness (QED) is 0.256. The van der Waals surface area contributed by atoms with Crippen LogP contribution in [0.3, 0.4) is 0 Å². The molecule has 5 aromatic rings. The monoisotopic (exact) mass is 455 g/mol. The Labute approximate surface area is 184 Å². The highest BCUT2D eigenvalue weighted by Gasteiger charge is 2.30. The zero-order valence-electron chi connectivity index (χ0n) is 16.9. The van der Waals surface area contributed by atoms with Gasteiger partial charge in [0.1, 0.15) is 0 Å². The molecule has 0 radical (unpaired) electrons. The molecule has 0 unspecified atom stereocenters. The van der Waals surface area contributed by atoms with Gasteiger partial charge in [-0.05, 0) is 58.7 Å². The van der Waals surface area contributed by atoms with E-state index in [0.29, 0.717) is 11.1 Å². The van der Waals surface area contributed by atoms with E-state index in [1.54, 1.807) is 0 Å². The summed E-state index contributed by atoms with van der Waals surface area (Å²) in [5.74, 6) is 0. The molecule has 0 aliphatic heterocycles. The maximum Gasteiger partial charge on any atom is 0.416 e. The minimum absolute atomic E-state index is 0.661. The molecule has 5 rings (SSSR count). The first-order chi connectivity index (χ1) is 15.6. The average molecular weight is 455 g/mol. The minimum Gasteiger partial charge on any atom is -0.354 e. The summed E-state index contributed by atoms with van der Waals surface area (Å²) in [6, 6.07) is 21.2. The zero-order chi connectivity index (χ0) is 23.4. The summed E-state index contributed by atoms with van der Waals surface area (Å²) in [6.07, 6.45) is -8.77. The lowest BCUT2D eigenvalue weighted by Crippen LogP contribution is -2.03. The molecule has 1 N–H and O–H groups in total. The number of aromatic nitrogens is 1. The Bertz CT molecular complexity index is 1340. The zero-order valence-corrected chi connectivity index (χ0v) is 16.9. The number of halogens is 6. The van der Waals surface area contributed by atoms with Crippen molar-refractivity contribution < 1.29 is 26.3 Å². The number of rotatable bonds is 2. The van der Waals surface area contributed by atoms with Crippen LogP contribution in [0.25, 0.3) is 44.1 Å². The van der Waals surface area contributed by atoms with Crippen molar-refractivity contribution in [1.29, 1.82) is 0 Å². The second kappa shape index (κ2) is 7.40. The third kappa shape index (κ3) is 3.95. The van der Waals surface area contributed by atoms with Crippen LogP contribution < -0.4 is 0 Å². The summed E-state index contributed by atoms with van der Waals surface area (Å²) in [5, 5.41) is 1.89. The van der Waals surface area contributed by atoms with Crippen LogP contribution in [0, 0.1) is 0 Å². The molecule has 7 heteroatoms. The molecule has 33 heavy (non-hydrogen) atoms. The van der Waals surface area contributed by atoms with Crippen LogP contribution in [-0.4, -0.2) is 4.98 Å². The molecule has 0 aliphatic carbocycles. The van der Waals surface area contributed by atoms with Gasteiger partial charge in [0.25, 0.3) is 0 Å². The van der Waals surface area contributed by atoms with Crippen molar-refractivity contribution in [3.8, 4) is 22.3 Å². The van der Waals surface area contributed by atoms with E-state index in [4.69, 9.17) is 0 Å². The van der Waals surface area contributed by atoms with Gasteiger partial charge in [-0.15, -0.1) is 0 Å². The SMILES string of the molecule is FC(F)(F)c1ccc(-c2ccc3c(c2)[nH]c2cc(-c4ccc(C(F)(F)F)cc4)ccc23)cc1. The van der Waals surface area contributed by atoms with Crippen molar-refractivity contribution >= 4 is 21.8 Å². The molecule has 1 nitrogen and oxygen atoms in total. The molecule has 166 valence electrons. The highest BCUT2D eigenvalue weighted by molar-refractivity contribution is 6.09. The molecule has 4 aromatic carbocycles. The Morgan fingerprint density at radius 2 is 0.758 bits per heavy atom. The molecular formula is C26H15F6N. The van der Waals surface area contributed by atoms with Crippen molar-refractivity contribution in [2.24, 2.45) is 0 Å². The summed E-state index contributed by atoms with van der Waals surface area (Å²) >= 11 is 0. The molecular weight excluding hydrogens is 440 g/mol. The first-order valence-corrected chi connectivity index (χ1v) is 10.0. The average Bonchev–Trinajstić information content (AvgIpc) is 3.15.